The lowest BCUT2D eigenvalue weighted by atomic mass is 10.4. The molecule has 0 radical (unpaired) electrons. The zero-order valence-corrected chi connectivity index (χ0v) is 6.85. The van der Waals surface area contributed by atoms with E-state index in [0.29, 0.717) is 0 Å². The fourth-order valence-corrected chi connectivity index (χ4v) is 0.762. The van der Waals surface area contributed by atoms with Crippen LogP contribution in [-0.4, -0.2) is 32.4 Å². The number of carbonyl (C=O) groups is 1. The molecule has 0 spiro atoms. The Bertz CT molecular complexity index is 258. The molecule has 0 aromatic carbocycles. The summed E-state index contributed by atoms with van der Waals surface area (Å²) in [5.74, 6) is -0.872. The molecule has 0 saturated carbocycles. The first-order valence-corrected chi connectivity index (χ1v) is 4.03. The lowest BCUT2D eigenvalue weighted by Crippen LogP contribution is -2.26. The fourth-order valence-electron chi connectivity index (χ4n) is 0.431. The van der Waals surface area contributed by atoms with E-state index in [-0.39, 0.29) is 13.2 Å². The fraction of sp³-hybridized carbons (Fsp3) is 0.600. The smallest absolute Gasteiger partial charge is 0.351 e. The number of nitrogens with two attached hydrogens (primary N) is 1. The van der Waals surface area contributed by atoms with Crippen LogP contribution in [0.15, 0.2) is 0 Å². The van der Waals surface area contributed by atoms with E-state index < -0.39 is 21.1 Å². The summed E-state index contributed by atoms with van der Waals surface area (Å²) >= 11 is 0. The second kappa shape index (κ2) is 4.86. The summed E-state index contributed by atoms with van der Waals surface area (Å²) < 4.78 is 24.9. The monoisotopic (exact) mass is 179 g/mol. The van der Waals surface area contributed by atoms with Gasteiger partial charge in [0.2, 0.25) is 10.3 Å². The van der Waals surface area contributed by atoms with Gasteiger partial charge in [-0.15, -0.1) is 0 Å². The van der Waals surface area contributed by atoms with Crippen molar-refractivity contribution in [3.05, 3.63) is 0 Å². The maximum absolute atomic E-state index is 10.7. The molecule has 0 aliphatic carbocycles. The van der Waals surface area contributed by atoms with Crippen LogP contribution in [0.1, 0.15) is 6.92 Å². The van der Waals surface area contributed by atoms with E-state index in [1.165, 1.54) is 0 Å². The van der Waals surface area contributed by atoms with Crippen LogP contribution >= 0.6 is 0 Å². The number of ether oxygens (including phenoxy) is 1. The van der Waals surface area contributed by atoms with Gasteiger partial charge in [0.25, 0.3) is 0 Å². The Labute approximate surface area is 65.7 Å². The van der Waals surface area contributed by atoms with Crippen LogP contribution < -0.4 is 5.73 Å². The van der Waals surface area contributed by atoms with E-state index in [1.54, 1.807) is 6.92 Å². The van der Waals surface area contributed by atoms with Gasteiger partial charge in [0.15, 0.2) is 4.86 Å². The molecule has 0 aromatic rings. The highest BCUT2D eigenvalue weighted by atomic mass is 32.2. The van der Waals surface area contributed by atoms with Gasteiger partial charge >= 0.3 is 5.97 Å². The van der Waals surface area contributed by atoms with Gasteiger partial charge in [0.1, 0.15) is 0 Å². The molecule has 0 rings (SSSR count). The van der Waals surface area contributed by atoms with Crippen LogP contribution in [-0.2, 0) is 19.8 Å². The molecule has 0 bridgehead atoms. The summed E-state index contributed by atoms with van der Waals surface area (Å²) in [7, 11) is -2.57. The lowest BCUT2D eigenvalue weighted by Gasteiger charge is -1.97. The molecule has 2 N–H and O–H groups in total. The number of esters is 1. The third-order valence-electron chi connectivity index (χ3n) is 0.890. The van der Waals surface area contributed by atoms with Gasteiger partial charge in [0, 0.05) is 6.54 Å². The maximum Gasteiger partial charge on any atom is 0.351 e. The maximum atomic E-state index is 10.7. The average Bonchev–Trinajstić information content (AvgIpc) is 1.88. The molecule has 11 heavy (non-hydrogen) atoms. The summed E-state index contributed by atoms with van der Waals surface area (Å²) in [6, 6.07) is 0. The van der Waals surface area contributed by atoms with Gasteiger partial charge in [-0.1, -0.05) is 0 Å². The average molecular weight is 179 g/mol. The van der Waals surface area contributed by atoms with E-state index >= 15 is 0 Å². The standard InChI is InChI=1S/C5H9NO4S/c1-2-10-5(7)4(3-6)11(8)9/h2-3,6H2,1H3. The van der Waals surface area contributed by atoms with Gasteiger partial charge in [0.05, 0.1) is 6.61 Å². The minimum Gasteiger partial charge on any atom is -0.462 e. The molecule has 0 heterocycles. The van der Waals surface area contributed by atoms with Crippen LogP contribution in [0.2, 0.25) is 0 Å². The van der Waals surface area contributed by atoms with Crippen molar-refractivity contribution in [2.24, 2.45) is 5.73 Å². The third-order valence-corrected chi connectivity index (χ3v) is 1.63. The first-order valence-electron chi connectivity index (χ1n) is 2.95. The predicted molar refractivity (Wildman–Crippen MR) is 39.6 cm³/mol. The summed E-state index contributed by atoms with van der Waals surface area (Å²) in [6.07, 6.45) is 0. The number of hydrogen-bond donors (Lipinski definition) is 1. The van der Waals surface area contributed by atoms with E-state index in [4.69, 9.17) is 5.73 Å². The van der Waals surface area contributed by atoms with Crippen molar-refractivity contribution >= 4 is 21.1 Å². The molecule has 0 atom stereocenters. The van der Waals surface area contributed by atoms with Crippen molar-refractivity contribution in [1.82, 2.24) is 0 Å². The second-order valence-electron chi connectivity index (χ2n) is 1.58. The Morgan fingerprint density at radius 2 is 2.09 bits per heavy atom. The molecule has 0 aliphatic heterocycles. The number of carbonyl (C=O) groups excluding carboxylic acids is 1. The molecule has 0 saturated heterocycles. The lowest BCUT2D eigenvalue weighted by molar-refractivity contribution is -0.134. The van der Waals surface area contributed by atoms with Gasteiger partial charge in [-0.3, -0.25) is 0 Å². The zero-order chi connectivity index (χ0) is 8.85. The first kappa shape index (κ1) is 10.1. The predicted octanol–water partition coefficient (Wildman–Crippen LogP) is -1.44. The van der Waals surface area contributed by atoms with Crippen LogP contribution in [0.25, 0.3) is 0 Å². The summed E-state index contributed by atoms with van der Waals surface area (Å²) in [5, 5.41) is 0. The number of hydrogen-bond acceptors (Lipinski definition) is 5. The first-order chi connectivity index (χ1) is 5.13. The molecule has 0 amide bonds. The van der Waals surface area contributed by atoms with E-state index in [1.807, 2.05) is 0 Å². The highest BCUT2D eigenvalue weighted by Gasteiger charge is 2.11. The molecule has 5 nitrogen and oxygen atoms in total. The Morgan fingerprint density at radius 1 is 1.55 bits per heavy atom. The van der Waals surface area contributed by atoms with Crippen LogP contribution in [0.3, 0.4) is 0 Å². The van der Waals surface area contributed by atoms with Crippen LogP contribution in [0, 0.1) is 0 Å². The largest absolute Gasteiger partial charge is 0.462 e. The summed E-state index contributed by atoms with van der Waals surface area (Å²) in [4.78, 5) is 10.3. The highest BCUT2D eigenvalue weighted by molar-refractivity contribution is 7.74. The van der Waals surface area contributed by atoms with Crippen molar-refractivity contribution in [2.75, 3.05) is 13.2 Å². The Kier molecular flexibility index (Phi) is 4.47. The third kappa shape index (κ3) is 3.15. The van der Waals surface area contributed by atoms with Crippen molar-refractivity contribution in [3.8, 4) is 0 Å². The minimum atomic E-state index is -2.57. The Hall–Kier alpha value is -0.880. The van der Waals surface area contributed by atoms with Gasteiger partial charge in [-0.2, -0.15) is 8.42 Å². The zero-order valence-electron chi connectivity index (χ0n) is 6.03. The van der Waals surface area contributed by atoms with Crippen molar-refractivity contribution in [3.63, 3.8) is 0 Å². The van der Waals surface area contributed by atoms with Crippen LogP contribution in [0.4, 0.5) is 0 Å². The molecule has 0 aromatic heterocycles. The molecule has 0 fully saturated rings. The highest BCUT2D eigenvalue weighted by Crippen LogP contribution is 1.79. The second-order valence-corrected chi connectivity index (χ2v) is 2.54. The summed E-state index contributed by atoms with van der Waals surface area (Å²) in [5.41, 5.74) is 4.97. The molecule has 64 valence electrons. The quantitative estimate of drug-likeness (QED) is 0.423. The molecule has 0 aliphatic rings. The van der Waals surface area contributed by atoms with E-state index in [2.05, 4.69) is 4.74 Å². The van der Waals surface area contributed by atoms with Gasteiger partial charge in [-0.05, 0) is 6.92 Å². The number of rotatable bonds is 3. The Morgan fingerprint density at radius 3 is 2.36 bits per heavy atom. The SMILES string of the molecule is CCOC(=O)C(CN)=S(=O)=O. The van der Waals surface area contributed by atoms with E-state index in [9.17, 15) is 13.2 Å². The molecule has 6 heteroatoms. The van der Waals surface area contributed by atoms with Gasteiger partial charge < -0.3 is 10.5 Å². The topological polar surface area (TPSA) is 86.5 Å². The van der Waals surface area contributed by atoms with Crippen LogP contribution in [0.5, 0.6) is 0 Å². The molecule has 0 unspecified atom stereocenters. The Balaban J connectivity index is 4.56. The van der Waals surface area contributed by atoms with Crippen molar-refractivity contribution in [1.29, 1.82) is 0 Å². The van der Waals surface area contributed by atoms with Crippen molar-refractivity contribution < 1.29 is 17.9 Å². The van der Waals surface area contributed by atoms with Crippen molar-refractivity contribution in [2.45, 2.75) is 6.92 Å². The normalized spacial score (nSPS) is 8.91. The van der Waals surface area contributed by atoms with Gasteiger partial charge in [-0.25, -0.2) is 4.79 Å². The molecular weight excluding hydrogens is 170 g/mol. The minimum absolute atomic E-state index is 0.138. The van der Waals surface area contributed by atoms with E-state index in [0.717, 1.165) is 0 Å². The summed E-state index contributed by atoms with van der Waals surface area (Å²) in [6.45, 7) is 1.40. The molecular formula is C5H9NO4S.